The third kappa shape index (κ3) is 7.67. The minimum Gasteiger partial charge on any atom is -0.309 e. The van der Waals surface area contributed by atoms with Gasteiger partial charge in [-0.3, -0.25) is 0 Å². The van der Waals surface area contributed by atoms with Crippen molar-refractivity contribution >= 4 is 43.6 Å². The fourth-order valence-corrected chi connectivity index (χ4v) is 9.49. The van der Waals surface area contributed by atoms with Gasteiger partial charge in [-0.2, -0.15) is 0 Å². The molecule has 12 aromatic rings. The van der Waals surface area contributed by atoms with E-state index in [4.69, 9.17) is 0 Å². The van der Waals surface area contributed by atoms with Crippen LogP contribution in [-0.4, -0.2) is 9.13 Å². The van der Waals surface area contributed by atoms with Crippen molar-refractivity contribution in [3.8, 4) is 67.0 Å². The molecule has 2 aromatic heterocycles. The maximum Gasteiger partial charge on any atom is 0.0541 e. The van der Waals surface area contributed by atoms with Gasteiger partial charge < -0.3 is 9.13 Å². The third-order valence-corrected chi connectivity index (χ3v) is 12.5. The van der Waals surface area contributed by atoms with E-state index >= 15 is 0 Å². The lowest BCUT2D eigenvalue weighted by atomic mass is 9.99. The number of hydrogen-bond acceptors (Lipinski definition) is 0. The van der Waals surface area contributed by atoms with Gasteiger partial charge in [0.1, 0.15) is 0 Å². The second-order valence-electron chi connectivity index (χ2n) is 16.2. The van der Waals surface area contributed by atoms with Gasteiger partial charge in [-0.1, -0.05) is 198 Å². The van der Waals surface area contributed by atoms with Crippen molar-refractivity contribution in [1.29, 1.82) is 0 Å². The van der Waals surface area contributed by atoms with Gasteiger partial charge in [-0.25, -0.2) is 0 Å². The van der Waals surface area contributed by atoms with Crippen molar-refractivity contribution in [1.82, 2.24) is 9.13 Å². The first kappa shape index (κ1) is 41.8. The van der Waals surface area contributed by atoms with Crippen molar-refractivity contribution < 1.29 is 0 Å². The van der Waals surface area contributed by atoms with Crippen LogP contribution < -0.4 is 0 Å². The topological polar surface area (TPSA) is 9.86 Å². The molecule has 2 heterocycles. The van der Waals surface area contributed by atoms with Crippen LogP contribution in [0, 0.1) is 0 Å². The van der Waals surface area contributed by atoms with Gasteiger partial charge >= 0.3 is 0 Å². The minimum atomic E-state index is 1.15. The highest BCUT2D eigenvalue weighted by atomic mass is 15.0. The summed E-state index contributed by atoms with van der Waals surface area (Å²) in [6.45, 7) is 8.00. The van der Waals surface area contributed by atoms with Crippen LogP contribution in [0.3, 0.4) is 0 Å². The molecule has 0 N–H and O–H groups in total. The van der Waals surface area contributed by atoms with Crippen molar-refractivity contribution in [3.05, 3.63) is 243 Å². The highest BCUT2D eigenvalue weighted by molar-refractivity contribution is 6.12. The molecule has 0 spiro atoms. The maximum atomic E-state index is 2.40. The molecular formula is C64H52N2. The summed E-state index contributed by atoms with van der Waals surface area (Å²) in [7, 11) is 0. The Balaban J connectivity index is 0.00000125. The summed E-state index contributed by atoms with van der Waals surface area (Å²) < 4.78 is 4.81. The third-order valence-electron chi connectivity index (χ3n) is 12.5. The molecule has 0 aliphatic carbocycles. The van der Waals surface area contributed by atoms with Crippen LogP contribution >= 0.6 is 0 Å². The highest BCUT2D eigenvalue weighted by Crippen LogP contribution is 2.39. The van der Waals surface area contributed by atoms with E-state index < -0.39 is 0 Å². The molecule has 0 amide bonds. The van der Waals surface area contributed by atoms with Gasteiger partial charge in [0.15, 0.2) is 0 Å². The zero-order valence-corrected chi connectivity index (χ0v) is 38.0. The van der Waals surface area contributed by atoms with E-state index in [0.717, 1.165) is 11.4 Å². The number of para-hydroxylation sites is 2. The Bertz CT molecular complexity index is 3350. The quantitative estimate of drug-likeness (QED) is 0.151. The molecule has 0 bridgehead atoms. The van der Waals surface area contributed by atoms with Gasteiger partial charge in [0.25, 0.3) is 0 Å². The average molecular weight is 849 g/mol. The molecule has 12 rings (SSSR count). The van der Waals surface area contributed by atoms with Crippen LogP contribution in [0.25, 0.3) is 111 Å². The predicted molar refractivity (Wildman–Crippen MR) is 285 cm³/mol. The van der Waals surface area contributed by atoms with Gasteiger partial charge in [0.05, 0.1) is 22.1 Å². The lowest BCUT2D eigenvalue weighted by Gasteiger charge is -2.11. The molecule has 0 aliphatic rings. The molecule has 0 saturated carbocycles. The smallest absolute Gasteiger partial charge is 0.0541 e. The Labute approximate surface area is 388 Å². The van der Waals surface area contributed by atoms with Gasteiger partial charge in [0, 0.05) is 32.9 Å². The molecular weight excluding hydrogens is 797 g/mol. The SMILES string of the molecule is CC.CC.c1ccc(-c2cccc(-c3ccc(-n4c5ccccc5c5cc(-c6ccc7c(c6)c6ccccc6n7-c6ccc(-c7cccc(-c8ccccc8)c7)cc6)ccc54)cc3)c2)cc1. The van der Waals surface area contributed by atoms with Crippen molar-refractivity contribution in [2.24, 2.45) is 0 Å². The normalized spacial score (nSPS) is 11.0. The van der Waals surface area contributed by atoms with E-state index in [-0.39, 0.29) is 0 Å². The first-order valence-electron chi connectivity index (χ1n) is 23.3. The zero-order chi connectivity index (χ0) is 45.0. The first-order chi connectivity index (χ1) is 32.7. The maximum absolute atomic E-state index is 2.40. The molecule has 318 valence electrons. The summed E-state index contributed by atoms with van der Waals surface area (Å²) in [5.74, 6) is 0. The first-order valence-corrected chi connectivity index (χ1v) is 23.3. The number of fused-ring (bicyclic) bond motifs is 6. The molecule has 0 saturated heterocycles. The molecule has 0 atom stereocenters. The summed E-state index contributed by atoms with van der Waals surface area (Å²) in [5, 5.41) is 4.98. The number of nitrogens with zero attached hydrogens (tertiary/aromatic N) is 2. The molecule has 0 radical (unpaired) electrons. The Kier molecular flexibility index (Phi) is 11.7. The fraction of sp³-hybridized carbons (Fsp3) is 0.0625. The standard InChI is InChI=1S/C60H40N2.2C2H6/c1-3-13-41(14-4-1)45-17-11-19-47(37-45)43-25-31-51(32-26-43)61-57-23-9-7-21-53(57)55-39-49(29-35-59(55)61)50-30-36-60-56(40-50)54-22-8-10-24-58(54)62(60)52-33-27-44(28-34-52)48-20-12-18-46(38-48)42-15-5-2-6-16-42;2*1-2/h1-40H;2*1-2H3. The summed E-state index contributed by atoms with van der Waals surface area (Å²) in [6, 6.07) is 88.3. The van der Waals surface area contributed by atoms with Crippen LogP contribution in [0.1, 0.15) is 27.7 Å². The fourth-order valence-electron chi connectivity index (χ4n) is 9.49. The zero-order valence-electron chi connectivity index (χ0n) is 38.0. The van der Waals surface area contributed by atoms with Crippen LogP contribution in [0.2, 0.25) is 0 Å². The van der Waals surface area contributed by atoms with Crippen molar-refractivity contribution in [3.63, 3.8) is 0 Å². The average Bonchev–Trinajstić information content (AvgIpc) is 3.93. The van der Waals surface area contributed by atoms with Crippen LogP contribution in [0.15, 0.2) is 243 Å². The largest absolute Gasteiger partial charge is 0.309 e. The van der Waals surface area contributed by atoms with Crippen LogP contribution in [0.5, 0.6) is 0 Å². The predicted octanol–water partition coefficient (Wildman–Crippen LogP) is 18.3. The summed E-state index contributed by atoms with van der Waals surface area (Å²) in [6.07, 6.45) is 0. The Morgan fingerprint density at radius 3 is 0.848 bits per heavy atom. The number of benzene rings is 10. The summed E-state index contributed by atoms with van der Waals surface area (Å²) >= 11 is 0. The summed E-state index contributed by atoms with van der Waals surface area (Å²) in [5.41, 5.74) is 19.2. The highest BCUT2D eigenvalue weighted by Gasteiger charge is 2.17. The van der Waals surface area contributed by atoms with Gasteiger partial charge in [0.2, 0.25) is 0 Å². The van der Waals surface area contributed by atoms with E-state index in [1.807, 2.05) is 27.7 Å². The van der Waals surface area contributed by atoms with Gasteiger partial charge in [-0.05, 0) is 128 Å². The second-order valence-corrected chi connectivity index (χ2v) is 16.2. The lowest BCUT2D eigenvalue weighted by molar-refractivity contribution is 1.18. The monoisotopic (exact) mass is 848 g/mol. The number of hydrogen-bond donors (Lipinski definition) is 0. The lowest BCUT2D eigenvalue weighted by Crippen LogP contribution is -1.94. The van der Waals surface area contributed by atoms with Crippen molar-refractivity contribution in [2.45, 2.75) is 27.7 Å². The summed E-state index contributed by atoms with van der Waals surface area (Å²) in [4.78, 5) is 0. The minimum absolute atomic E-state index is 1.15. The number of aromatic nitrogens is 2. The van der Waals surface area contributed by atoms with Crippen LogP contribution in [0.4, 0.5) is 0 Å². The number of rotatable bonds is 7. The molecule has 2 nitrogen and oxygen atoms in total. The van der Waals surface area contributed by atoms with Gasteiger partial charge in [-0.15, -0.1) is 0 Å². The molecule has 0 unspecified atom stereocenters. The van der Waals surface area contributed by atoms with E-state index in [9.17, 15) is 0 Å². The molecule has 0 fully saturated rings. The Hall–Kier alpha value is -8.20. The van der Waals surface area contributed by atoms with E-state index in [1.54, 1.807) is 0 Å². The molecule has 10 aromatic carbocycles. The Morgan fingerprint density at radius 2 is 0.470 bits per heavy atom. The second kappa shape index (κ2) is 18.5. The van der Waals surface area contributed by atoms with Crippen molar-refractivity contribution in [2.75, 3.05) is 0 Å². The van der Waals surface area contributed by atoms with E-state index in [1.165, 1.54) is 99.2 Å². The molecule has 0 aliphatic heterocycles. The van der Waals surface area contributed by atoms with E-state index in [0.29, 0.717) is 0 Å². The Morgan fingerprint density at radius 1 is 0.197 bits per heavy atom. The molecule has 66 heavy (non-hydrogen) atoms. The van der Waals surface area contributed by atoms with Crippen LogP contribution in [-0.2, 0) is 0 Å². The van der Waals surface area contributed by atoms with E-state index in [2.05, 4.69) is 252 Å². The molecule has 2 heteroatoms.